The quantitative estimate of drug-likeness (QED) is 0.685. The van der Waals surface area contributed by atoms with Crippen LogP contribution in [-0.2, 0) is 14.8 Å². The Morgan fingerprint density at radius 2 is 1.97 bits per heavy atom. The van der Waals surface area contributed by atoms with Crippen LogP contribution in [0.15, 0.2) is 52.5 Å². The van der Waals surface area contributed by atoms with E-state index in [2.05, 4.69) is 10.3 Å². The van der Waals surface area contributed by atoms with Crippen molar-refractivity contribution in [2.24, 2.45) is 0 Å². The predicted molar refractivity (Wildman–Crippen MR) is 115 cm³/mol. The summed E-state index contributed by atoms with van der Waals surface area (Å²) in [5.41, 5.74) is 0.993. The van der Waals surface area contributed by atoms with Crippen LogP contribution in [0, 0.1) is 0 Å². The molecule has 1 unspecified atom stereocenters. The van der Waals surface area contributed by atoms with Crippen LogP contribution in [0.5, 0.6) is 5.75 Å². The molecule has 2 aliphatic rings. The normalized spacial score (nSPS) is 19.5. The number of hydrogen-bond acceptors (Lipinski definition) is 6. The van der Waals surface area contributed by atoms with E-state index in [0.717, 1.165) is 37.0 Å². The summed E-state index contributed by atoms with van der Waals surface area (Å²) in [5.74, 6) is 0.937. The van der Waals surface area contributed by atoms with Crippen molar-refractivity contribution in [3.05, 3.63) is 48.2 Å². The van der Waals surface area contributed by atoms with Gasteiger partial charge in [0.05, 0.1) is 23.4 Å². The van der Waals surface area contributed by atoms with Crippen molar-refractivity contribution < 1.29 is 17.9 Å². The van der Waals surface area contributed by atoms with Gasteiger partial charge in [-0.1, -0.05) is 36.4 Å². The molecule has 0 spiro atoms. The minimum atomic E-state index is -3.49. The van der Waals surface area contributed by atoms with Gasteiger partial charge in [0, 0.05) is 31.3 Å². The molecule has 0 radical (unpaired) electrons. The molecule has 3 heterocycles. The third-order valence-corrected chi connectivity index (χ3v) is 8.13. The fourth-order valence-electron chi connectivity index (χ4n) is 3.73. The summed E-state index contributed by atoms with van der Waals surface area (Å²) in [5, 5.41) is 3.67. The molecule has 1 aromatic carbocycles. The molecule has 9 heteroatoms. The van der Waals surface area contributed by atoms with Crippen molar-refractivity contribution in [1.82, 2.24) is 14.6 Å². The Morgan fingerprint density at radius 3 is 2.73 bits per heavy atom. The third-order valence-electron chi connectivity index (χ3n) is 5.31. The lowest BCUT2D eigenvalue weighted by Crippen LogP contribution is -2.35. The highest BCUT2D eigenvalue weighted by Crippen LogP contribution is 2.31. The number of thioether (sulfide) groups is 1. The second-order valence-electron chi connectivity index (χ2n) is 7.38. The smallest absolute Gasteiger partial charge is 0.244 e. The maximum absolute atomic E-state index is 12.7. The van der Waals surface area contributed by atoms with Gasteiger partial charge >= 0.3 is 0 Å². The second-order valence-corrected chi connectivity index (χ2v) is 10.3. The van der Waals surface area contributed by atoms with E-state index in [4.69, 9.17) is 4.74 Å². The van der Waals surface area contributed by atoms with Gasteiger partial charge in [-0.2, -0.15) is 4.31 Å². The summed E-state index contributed by atoms with van der Waals surface area (Å²) in [7, 11) is -3.49. The number of rotatable bonds is 6. The van der Waals surface area contributed by atoms with E-state index < -0.39 is 10.0 Å². The van der Waals surface area contributed by atoms with Crippen LogP contribution in [0.2, 0.25) is 0 Å². The highest BCUT2D eigenvalue weighted by atomic mass is 32.2. The molecule has 30 heavy (non-hydrogen) atoms. The van der Waals surface area contributed by atoms with Gasteiger partial charge in [0.1, 0.15) is 10.6 Å². The van der Waals surface area contributed by atoms with E-state index in [0.29, 0.717) is 24.7 Å². The van der Waals surface area contributed by atoms with Gasteiger partial charge in [0.2, 0.25) is 15.9 Å². The van der Waals surface area contributed by atoms with Crippen LogP contribution in [0.25, 0.3) is 0 Å². The first-order valence-corrected chi connectivity index (χ1v) is 12.6. The number of aromatic nitrogens is 1. The van der Waals surface area contributed by atoms with Crippen molar-refractivity contribution in [1.29, 1.82) is 0 Å². The van der Waals surface area contributed by atoms with Gasteiger partial charge in [-0.3, -0.25) is 4.79 Å². The van der Waals surface area contributed by atoms with Crippen LogP contribution in [0.3, 0.4) is 0 Å². The first-order chi connectivity index (χ1) is 14.5. The molecule has 7 nitrogen and oxygen atoms in total. The Morgan fingerprint density at radius 1 is 1.17 bits per heavy atom. The van der Waals surface area contributed by atoms with E-state index in [9.17, 15) is 13.2 Å². The number of pyridine rings is 1. The molecular formula is C21H25N3O4S2. The van der Waals surface area contributed by atoms with E-state index in [1.165, 1.54) is 22.3 Å². The summed E-state index contributed by atoms with van der Waals surface area (Å²) in [4.78, 5) is 16.9. The fourth-order valence-corrected chi connectivity index (χ4v) is 5.84. The maximum atomic E-state index is 12.7. The SMILES string of the molecule is O=C(CSc1ccc(S(=O)(=O)N2CCCCC2)cn1)NC1CCOc2ccccc21. The van der Waals surface area contributed by atoms with Crippen molar-refractivity contribution in [2.75, 3.05) is 25.4 Å². The second kappa shape index (κ2) is 9.36. The molecule has 4 rings (SSSR count). The highest BCUT2D eigenvalue weighted by Gasteiger charge is 2.26. The standard InChI is InChI=1S/C21H25N3O4S2/c25-20(23-18-10-13-28-19-7-3-2-6-17(18)19)15-29-21-9-8-16(14-22-21)30(26,27)24-11-4-1-5-12-24/h2-3,6-9,14,18H,1,4-5,10-13,15H2,(H,23,25). The molecule has 1 N–H and O–H groups in total. The molecule has 2 aliphatic heterocycles. The van der Waals surface area contributed by atoms with Gasteiger partial charge in [-0.05, 0) is 31.0 Å². The third kappa shape index (κ3) is 4.79. The van der Waals surface area contributed by atoms with E-state index in [1.807, 2.05) is 24.3 Å². The van der Waals surface area contributed by atoms with Crippen LogP contribution in [-0.4, -0.2) is 49.1 Å². The van der Waals surface area contributed by atoms with Gasteiger partial charge in [0.15, 0.2) is 0 Å². The number of ether oxygens (including phenoxy) is 1. The topological polar surface area (TPSA) is 88.6 Å². The van der Waals surface area contributed by atoms with Crippen LogP contribution in [0.4, 0.5) is 0 Å². The number of nitrogens with zero attached hydrogens (tertiary/aromatic N) is 2. The summed E-state index contributed by atoms with van der Waals surface area (Å²) in [6.07, 6.45) is 4.98. The number of benzene rings is 1. The van der Waals surface area contributed by atoms with Crippen LogP contribution >= 0.6 is 11.8 Å². The largest absolute Gasteiger partial charge is 0.493 e. The molecule has 160 valence electrons. The van der Waals surface area contributed by atoms with Crippen molar-refractivity contribution in [2.45, 2.75) is 41.6 Å². The molecular weight excluding hydrogens is 422 g/mol. The molecule has 1 amide bonds. The number of piperidine rings is 1. The lowest BCUT2D eigenvalue weighted by molar-refractivity contribution is -0.119. The molecule has 1 saturated heterocycles. The number of amides is 1. The summed E-state index contributed by atoms with van der Waals surface area (Å²) in [6, 6.07) is 10.9. The minimum absolute atomic E-state index is 0.0620. The number of carbonyl (C=O) groups excluding carboxylic acids is 1. The molecule has 0 bridgehead atoms. The first-order valence-electron chi connectivity index (χ1n) is 10.1. The Hall–Kier alpha value is -2.10. The number of nitrogens with one attached hydrogen (secondary N) is 1. The van der Waals surface area contributed by atoms with Gasteiger partial charge in [-0.25, -0.2) is 13.4 Å². The lowest BCUT2D eigenvalue weighted by atomic mass is 10.0. The Balaban J connectivity index is 1.33. The average molecular weight is 448 g/mol. The maximum Gasteiger partial charge on any atom is 0.244 e. The van der Waals surface area contributed by atoms with E-state index in [1.54, 1.807) is 12.1 Å². The van der Waals surface area contributed by atoms with Crippen molar-refractivity contribution in [3.8, 4) is 5.75 Å². The summed E-state index contributed by atoms with van der Waals surface area (Å²) >= 11 is 1.29. The average Bonchev–Trinajstić information content (AvgIpc) is 2.79. The molecule has 0 aliphatic carbocycles. The molecule has 1 atom stereocenters. The first kappa shape index (κ1) is 21.1. The van der Waals surface area contributed by atoms with Crippen LogP contribution in [0.1, 0.15) is 37.3 Å². The molecule has 1 aromatic heterocycles. The van der Waals surface area contributed by atoms with Gasteiger partial charge < -0.3 is 10.1 Å². The zero-order chi connectivity index (χ0) is 21.0. The van der Waals surface area contributed by atoms with Crippen molar-refractivity contribution >= 4 is 27.7 Å². The number of carbonyl (C=O) groups is 1. The number of sulfonamides is 1. The Kier molecular flexibility index (Phi) is 6.60. The number of hydrogen-bond donors (Lipinski definition) is 1. The minimum Gasteiger partial charge on any atom is -0.493 e. The zero-order valence-electron chi connectivity index (χ0n) is 16.6. The molecule has 1 fully saturated rings. The summed E-state index contributed by atoms with van der Waals surface area (Å²) in [6.45, 7) is 1.70. The predicted octanol–water partition coefficient (Wildman–Crippen LogP) is 2.99. The fraction of sp³-hybridized carbons (Fsp3) is 0.429. The summed E-state index contributed by atoms with van der Waals surface area (Å²) < 4.78 is 32.5. The lowest BCUT2D eigenvalue weighted by Gasteiger charge is -2.26. The van der Waals surface area contributed by atoms with E-state index in [-0.39, 0.29) is 22.6 Å². The van der Waals surface area contributed by atoms with Crippen LogP contribution < -0.4 is 10.1 Å². The van der Waals surface area contributed by atoms with Gasteiger partial charge in [-0.15, -0.1) is 0 Å². The monoisotopic (exact) mass is 447 g/mol. The van der Waals surface area contributed by atoms with Crippen molar-refractivity contribution in [3.63, 3.8) is 0 Å². The number of para-hydroxylation sites is 1. The highest BCUT2D eigenvalue weighted by molar-refractivity contribution is 7.99. The number of fused-ring (bicyclic) bond motifs is 1. The Labute approximate surface area is 181 Å². The van der Waals surface area contributed by atoms with E-state index >= 15 is 0 Å². The van der Waals surface area contributed by atoms with Gasteiger partial charge in [0.25, 0.3) is 0 Å². The zero-order valence-corrected chi connectivity index (χ0v) is 18.3. The molecule has 2 aromatic rings. The Bertz CT molecular complexity index is 990. The molecule has 0 saturated carbocycles.